The number of rotatable bonds is 1. The van der Waals surface area contributed by atoms with E-state index in [1.54, 1.807) is 0 Å². The van der Waals surface area contributed by atoms with E-state index >= 15 is 0 Å². The van der Waals surface area contributed by atoms with Crippen molar-refractivity contribution in [3.63, 3.8) is 0 Å². The SMILES string of the molecule is OC1C2C3C(c4ccccc4)C3C12O. The lowest BCUT2D eigenvalue weighted by atomic mass is 9.97. The van der Waals surface area contributed by atoms with Crippen LogP contribution in [-0.4, -0.2) is 21.9 Å². The van der Waals surface area contributed by atoms with Gasteiger partial charge in [-0.3, -0.25) is 0 Å². The van der Waals surface area contributed by atoms with Gasteiger partial charge in [0, 0.05) is 11.8 Å². The molecule has 3 saturated carbocycles. The Hall–Kier alpha value is -0.860. The first-order valence-electron chi connectivity index (χ1n) is 5.21. The molecule has 1 aromatic rings. The molecule has 0 aromatic heterocycles. The van der Waals surface area contributed by atoms with Gasteiger partial charge in [-0.05, 0) is 17.4 Å². The normalized spacial score (nSPS) is 56.9. The molecular weight excluding hydrogens is 176 g/mol. The molecule has 72 valence electrons. The monoisotopic (exact) mass is 188 g/mol. The molecule has 0 heterocycles. The number of hydrogen-bond donors (Lipinski definition) is 2. The molecule has 0 bridgehead atoms. The van der Waals surface area contributed by atoms with Crippen LogP contribution in [0.3, 0.4) is 0 Å². The van der Waals surface area contributed by atoms with Crippen LogP contribution in [0.2, 0.25) is 0 Å². The molecule has 0 amide bonds. The van der Waals surface area contributed by atoms with E-state index in [9.17, 15) is 10.2 Å². The van der Waals surface area contributed by atoms with Gasteiger partial charge in [-0.15, -0.1) is 0 Å². The van der Waals surface area contributed by atoms with Gasteiger partial charge in [-0.1, -0.05) is 30.3 Å². The maximum absolute atomic E-state index is 9.95. The van der Waals surface area contributed by atoms with Crippen LogP contribution in [0.1, 0.15) is 11.5 Å². The largest absolute Gasteiger partial charge is 0.390 e. The molecule has 0 radical (unpaired) electrons. The average molecular weight is 188 g/mol. The van der Waals surface area contributed by atoms with Crippen LogP contribution < -0.4 is 0 Å². The van der Waals surface area contributed by atoms with Crippen LogP contribution in [0.5, 0.6) is 0 Å². The molecule has 6 unspecified atom stereocenters. The van der Waals surface area contributed by atoms with Crippen molar-refractivity contribution in [2.75, 3.05) is 0 Å². The second-order valence-electron chi connectivity index (χ2n) is 4.90. The van der Waals surface area contributed by atoms with Crippen LogP contribution in [0.4, 0.5) is 0 Å². The number of aliphatic hydroxyl groups is 2. The third kappa shape index (κ3) is 0.562. The fourth-order valence-corrected chi connectivity index (χ4v) is 3.70. The van der Waals surface area contributed by atoms with Crippen molar-refractivity contribution >= 4 is 0 Å². The maximum Gasteiger partial charge on any atom is 0.100 e. The molecule has 3 fully saturated rings. The summed E-state index contributed by atoms with van der Waals surface area (Å²) in [6.07, 6.45) is -0.419. The Kier molecular flexibility index (Phi) is 1.01. The minimum Gasteiger partial charge on any atom is -0.390 e. The molecule has 1 aromatic carbocycles. The smallest absolute Gasteiger partial charge is 0.100 e. The summed E-state index contributed by atoms with van der Waals surface area (Å²) in [6.45, 7) is 0. The van der Waals surface area contributed by atoms with Gasteiger partial charge < -0.3 is 10.2 Å². The minimum atomic E-state index is -0.689. The van der Waals surface area contributed by atoms with Crippen molar-refractivity contribution < 1.29 is 10.2 Å². The van der Waals surface area contributed by atoms with Crippen LogP contribution in [0.15, 0.2) is 30.3 Å². The van der Waals surface area contributed by atoms with Crippen LogP contribution in [0.25, 0.3) is 0 Å². The molecule has 3 aliphatic rings. The van der Waals surface area contributed by atoms with Gasteiger partial charge in [0.05, 0.1) is 6.10 Å². The van der Waals surface area contributed by atoms with E-state index in [0.717, 1.165) is 0 Å². The molecule has 14 heavy (non-hydrogen) atoms. The summed E-state index contributed by atoms with van der Waals surface area (Å²) < 4.78 is 0. The Morgan fingerprint density at radius 2 is 1.79 bits per heavy atom. The number of aliphatic hydroxyl groups excluding tert-OH is 1. The molecule has 0 spiro atoms. The van der Waals surface area contributed by atoms with Gasteiger partial charge in [0.25, 0.3) is 0 Å². The van der Waals surface area contributed by atoms with Crippen molar-refractivity contribution in [2.24, 2.45) is 17.8 Å². The third-order valence-corrected chi connectivity index (χ3v) is 4.45. The Morgan fingerprint density at radius 1 is 1.07 bits per heavy atom. The third-order valence-electron chi connectivity index (χ3n) is 4.45. The van der Waals surface area contributed by atoms with Gasteiger partial charge in [0.1, 0.15) is 5.60 Å². The van der Waals surface area contributed by atoms with E-state index in [1.165, 1.54) is 5.56 Å². The predicted molar refractivity (Wildman–Crippen MR) is 50.6 cm³/mol. The maximum atomic E-state index is 9.95. The van der Waals surface area contributed by atoms with Gasteiger partial charge in [-0.2, -0.15) is 0 Å². The van der Waals surface area contributed by atoms with Gasteiger partial charge >= 0.3 is 0 Å². The Labute approximate surface area is 82.2 Å². The van der Waals surface area contributed by atoms with Crippen molar-refractivity contribution in [3.05, 3.63) is 35.9 Å². The van der Waals surface area contributed by atoms with Crippen molar-refractivity contribution in [2.45, 2.75) is 17.6 Å². The minimum absolute atomic E-state index is 0.192. The zero-order chi connectivity index (χ0) is 9.50. The first kappa shape index (κ1) is 7.43. The lowest BCUT2D eigenvalue weighted by Gasteiger charge is -2.15. The fourth-order valence-electron chi connectivity index (χ4n) is 3.70. The first-order valence-corrected chi connectivity index (χ1v) is 5.21. The topological polar surface area (TPSA) is 40.5 Å². The van der Waals surface area contributed by atoms with Crippen molar-refractivity contribution in [1.29, 1.82) is 0 Å². The van der Waals surface area contributed by atoms with Crippen LogP contribution in [-0.2, 0) is 0 Å². The molecule has 0 aliphatic heterocycles. The van der Waals surface area contributed by atoms with Crippen molar-refractivity contribution in [3.8, 4) is 0 Å². The molecule has 2 nitrogen and oxygen atoms in total. The van der Waals surface area contributed by atoms with E-state index in [1.807, 2.05) is 18.2 Å². The molecule has 4 rings (SSSR count). The zero-order valence-electron chi connectivity index (χ0n) is 7.67. The zero-order valence-corrected chi connectivity index (χ0v) is 7.67. The molecule has 6 atom stereocenters. The van der Waals surface area contributed by atoms with Crippen LogP contribution >= 0.6 is 0 Å². The van der Waals surface area contributed by atoms with Gasteiger partial charge in [-0.25, -0.2) is 0 Å². The summed E-state index contributed by atoms with van der Waals surface area (Å²) in [5.41, 5.74) is 0.640. The number of hydrogen-bond acceptors (Lipinski definition) is 2. The van der Waals surface area contributed by atoms with Gasteiger partial charge in [0.2, 0.25) is 0 Å². The van der Waals surface area contributed by atoms with Crippen molar-refractivity contribution in [1.82, 2.24) is 0 Å². The second kappa shape index (κ2) is 1.90. The molecule has 0 saturated heterocycles. The summed E-state index contributed by atoms with van der Waals surface area (Å²) in [6, 6.07) is 10.3. The fraction of sp³-hybridized carbons (Fsp3) is 0.500. The first-order chi connectivity index (χ1) is 6.76. The summed E-state index contributed by atoms with van der Waals surface area (Å²) in [5, 5.41) is 19.4. The summed E-state index contributed by atoms with van der Waals surface area (Å²) in [5.74, 6) is 1.63. The standard InChI is InChI=1S/C12H12O2/c13-11-10-8-7(9(8)12(10,11)14)6-4-2-1-3-5-6/h1-5,7-11,13-14H. The van der Waals surface area contributed by atoms with Crippen LogP contribution in [0, 0.1) is 17.8 Å². The van der Waals surface area contributed by atoms with E-state index < -0.39 is 11.7 Å². The highest BCUT2D eigenvalue weighted by Gasteiger charge is 2.91. The highest BCUT2D eigenvalue weighted by molar-refractivity contribution is 5.47. The van der Waals surface area contributed by atoms with E-state index in [2.05, 4.69) is 12.1 Å². The Balaban J connectivity index is 1.65. The second-order valence-corrected chi connectivity index (χ2v) is 4.90. The molecule has 2 heteroatoms. The lowest BCUT2D eigenvalue weighted by Crippen LogP contribution is -2.26. The average Bonchev–Trinajstić information content (AvgIpc) is 3.00. The van der Waals surface area contributed by atoms with Gasteiger partial charge in [0.15, 0.2) is 0 Å². The Bertz CT molecular complexity index is 402. The lowest BCUT2D eigenvalue weighted by molar-refractivity contribution is 0.0323. The predicted octanol–water partition coefficient (Wildman–Crippen LogP) is 0.752. The quantitative estimate of drug-likeness (QED) is 0.682. The number of benzene rings is 1. The van der Waals surface area contributed by atoms with E-state index in [0.29, 0.717) is 17.8 Å². The molecule has 3 aliphatic carbocycles. The molecule has 2 N–H and O–H groups in total. The summed E-state index contributed by atoms with van der Waals surface area (Å²) >= 11 is 0. The Morgan fingerprint density at radius 3 is 2.36 bits per heavy atom. The molecular formula is C12H12O2. The highest BCUT2D eigenvalue weighted by atomic mass is 16.4. The van der Waals surface area contributed by atoms with E-state index in [-0.39, 0.29) is 5.92 Å². The summed E-state index contributed by atoms with van der Waals surface area (Å²) in [7, 11) is 0. The highest BCUT2D eigenvalue weighted by Crippen LogP contribution is 2.85. The van der Waals surface area contributed by atoms with E-state index in [4.69, 9.17) is 0 Å². The summed E-state index contributed by atoms with van der Waals surface area (Å²) in [4.78, 5) is 0. The number of fused-ring (bicyclic) bond motifs is 4.